The quantitative estimate of drug-likeness (QED) is 0.313. The maximum absolute atomic E-state index is 6.37. The summed E-state index contributed by atoms with van der Waals surface area (Å²) in [7, 11) is 0. The lowest BCUT2D eigenvalue weighted by Gasteiger charge is -2.09. The third-order valence-corrected chi connectivity index (χ3v) is 5.53. The smallest absolute Gasteiger partial charge is 0.159 e. The van der Waals surface area contributed by atoms with Crippen molar-refractivity contribution < 1.29 is 4.42 Å². The fourth-order valence-electron chi connectivity index (χ4n) is 4.34. The Kier molecular flexibility index (Phi) is 2.84. The van der Waals surface area contributed by atoms with Gasteiger partial charge in [0.1, 0.15) is 5.58 Å². The summed E-state index contributed by atoms with van der Waals surface area (Å²) in [6.07, 6.45) is 0. The number of rotatable bonds is 1. The molecule has 0 spiro atoms. The molecule has 0 aliphatic carbocycles. The number of fused-ring (bicyclic) bond motifs is 6. The first-order chi connectivity index (χ1) is 13.3. The second kappa shape index (κ2) is 5.24. The van der Waals surface area contributed by atoms with Crippen LogP contribution in [0.5, 0.6) is 0 Å². The fourth-order valence-corrected chi connectivity index (χ4v) is 4.34. The summed E-state index contributed by atoms with van der Waals surface area (Å²) in [5, 5.41) is 4.90. The molecule has 2 heteroatoms. The van der Waals surface area contributed by atoms with Crippen molar-refractivity contribution in [2.24, 2.45) is 0 Å². The van der Waals surface area contributed by atoms with Crippen LogP contribution in [0.3, 0.4) is 0 Å². The number of hydrogen-bond donors (Lipinski definition) is 0. The van der Waals surface area contributed by atoms with Crippen LogP contribution in [-0.4, -0.2) is 4.57 Å². The molecule has 0 aliphatic rings. The van der Waals surface area contributed by atoms with Crippen molar-refractivity contribution in [1.82, 2.24) is 4.57 Å². The summed E-state index contributed by atoms with van der Waals surface area (Å²) in [6, 6.07) is 29.8. The topological polar surface area (TPSA) is 18.1 Å². The van der Waals surface area contributed by atoms with Crippen molar-refractivity contribution in [3.63, 3.8) is 0 Å². The van der Waals surface area contributed by atoms with Gasteiger partial charge < -0.3 is 8.98 Å². The number of aryl methyl sites for hydroxylation is 1. The molecular formula is C25H17NO. The first-order valence-electron chi connectivity index (χ1n) is 9.22. The van der Waals surface area contributed by atoms with Gasteiger partial charge in [-0.1, -0.05) is 60.7 Å². The van der Waals surface area contributed by atoms with E-state index in [4.69, 9.17) is 4.42 Å². The maximum atomic E-state index is 6.37. The molecule has 0 N–H and O–H groups in total. The van der Waals surface area contributed by atoms with Crippen molar-refractivity contribution in [2.45, 2.75) is 6.92 Å². The predicted octanol–water partition coefficient (Wildman–Crippen LogP) is 6.99. The van der Waals surface area contributed by atoms with E-state index in [1.807, 2.05) is 12.1 Å². The first-order valence-corrected chi connectivity index (χ1v) is 9.22. The van der Waals surface area contributed by atoms with Gasteiger partial charge in [0, 0.05) is 21.5 Å². The second-order valence-corrected chi connectivity index (χ2v) is 7.07. The van der Waals surface area contributed by atoms with E-state index >= 15 is 0 Å². The Balaban J connectivity index is 1.85. The van der Waals surface area contributed by atoms with E-state index in [-0.39, 0.29) is 0 Å². The van der Waals surface area contributed by atoms with Crippen LogP contribution >= 0.6 is 0 Å². The lowest BCUT2D eigenvalue weighted by atomic mass is 10.1. The highest BCUT2D eigenvalue weighted by molar-refractivity contribution is 6.13. The second-order valence-electron chi connectivity index (χ2n) is 7.07. The fraction of sp³-hybridized carbons (Fsp3) is 0.0400. The molecule has 0 radical (unpaired) electrons. The summed E-state index contributed by atoms with van der Waals surface area (Å²) in [5.41, 5.74) is 6.60. The zero-order chi connectivity index (χ0) is 18.0. The number of hydrogen-bond acceptors (Lipinski definition) is 1. The minimum Gasteiger partial charge on any atom is -0.454 e. The predicted molar refractivity (Wildman–Crippen MR) is 113 cm³/mol. The van der Waals surface area contributed by atoms with E-state index in [0.29, 0.717) is 0 Å². The summed E-state index contributed by atoms with van der Waals surface area (Å²) in [4.78, 5) is 0. The molecule has 0 atom stereocenters. The normalized spacial score (nSPS) is 11.9. The first kappa shape index (κ1) is 14.6. The Morgan fingerprint density at radius 1 is 0.630 bits per heavy atom. The van der Waals surface area contributed by atoms with Crippen LogP contribution in [0.1, 0.15) is 5.56 Å². The molecule has 2 aromatic heterocycles. The van der Waals surface area contributed by atoms with Gasteiger partial charge in [0.15, 0.2) is 5.58 Å². The lowest BCUT2D eigenvalue weighted by molar-refractivity contribution is 0.666. The Morgan fingerprint density at radius 2 is 1.22 bits per heavy atom. The van der Waals surface area contributed by atoms with Crippen molar-refractivity contribution >= 4 is 43.7 Å². The maximum Gasteiger partial charge on any atom is 0.159 e. The van der Waals surface area contributed by atoms with Crippen LogP contribution < -0.4 is 0 Å². The Morgan fingerprint density at radius 3 is 1.93 bits per heavy atom. The van der Waals surface area contributed by atoms with Gasteiger partial charge in [-0.25, -0.2) is 0 Å². The molecule has 4 aromatic carbocycles. The Hall–Kier alpha value is -3.52. The van der Waals surface area contributed by atoms with Crippen molar-refractivity contribution in [3.8, 4) is 5.69 Å². The molecule has 2 nitrogen and oxygen atoms in total. The van der Waals surface area contributed by atoms with Gasteiger partial charge in [-0.2, -0.15) is 0 Å². The highest BCUT2D eigenvalue weighted by Gasteiger charge is 2.18. The van der Waals surface area contributed by atoms with Crippen LogP contribution in [-0.2, 0) is 0 Å². The molecule has 0 aliphatic heterocycles. The molecule has 2 heterocycles. The standard InChI is InChI=1S/C25H17NO/c1-16-14-15-22(25-24(16)19-10-4-7-13-23(19)27-25)26-20-11-5-2-8-17(20)18-9-3-6-12-21(18)26/h2-15H,1H3. The van der Waals surface area contributed by atoms with Crippen LogP contribution in [0, 0.1) is 6.92 Å². The average molecular weight is 347 g/mol. The molecule has 0 bridgehead atoms. The molecular weight excluding hydrogens is 330 g/mol. The lowest BCUT2D eigenvalue weighted by Crippen LogP contribution is -1.94. The van der Waals surface area contributed by atoms with Gasteiger partial charge >= 0.3 is 0 Å². The largest absolute Gasteiger partial charge is 0.454 e. The van der Waals surface area contributed by atoms with E-state index < -0.39 is 0 Å². The van der Waals surface area contributed by atoms with Crippen molar-refractivity contribution in [1.29, 1.82) is 0 Å². The molecule has 6 aromatic rings. The zero-order valence-corrected chi connectivity index (χ0v) is 14.9. The number of nitrogens with zero attached hydrogens (tertiary/aromatic N) is 1. The van der Waals surface area contributed by atoms with Crippen LogP contribution in [0.15, 0.2) is 89.3 Å². The Labute approximate surface area is 156 Å². The molecule has 0 saturated heterocycles. The van der Waals surface area contributed by atoms with Gasteiger partial charge in [-0.15, -0.1) is 0 Å². The highest BCUT2D eigenvalue weighted by atomic mass is 16.3. The third-order valence-electron chi connectivity index (χ3n) is 5.53. The number of benzene rings is 4. The average Bonchev–Trinajstić information content (AvgIpc) is 3.26. The molecule has 128 valence electrons. The molecule has 6 rings (SSSR count). The highest BCUT2D eigenvalue weighted by Crippen LogP contribution is 2.38. The van der Waals surface area contributed by atoms with Gasteiger partial charge in [-0.3, -0.25) is 0 Å². The van der Waals surface area contributed by atoms with E-state index in [1.165, 1.54) is 38.1 Å². The monoisotopic (exact) mass is 347 g/mol. The van der Waals surface area contributed by atoms with Gasteiger partial charge in [-0.05, 0) is 36.8 Å². The summed E-state index contributed by atoms with van der Waals surface area (Å²) in [5.74, 6) is 0. The van der Waals surface area contributed by atoms with Crippen LogP contribution in [0.2, 0.25) is 0 Å². The number of aromatic nitrogens is 1. The number of para-hydroxylation sites is 3. The molecule has 0 saturated carbocycles. The third kappa shape index (κ3) is 1.90. The Bertz CT molecular complexity index is 1430. The van der Waals surface area contributed by atoms with Gasteiger partial charge in [0.25, 0.3) is 0 Å². The van der Waals surface area contributed by atoms with E-state index in [1.54, 1.807) is 0 Å². The van der Waals surface area contributed by atoms with Crippen LogP contribution in [0.25, 0.3) is 49.4 Å². The molecule has 0 fully saturated rings. The van der Waals surface area contributed by atoms with E-state index in [9.17, 15) is 0 Å². The summed E-state index contributed by atoms with van der Waals surface area (Å²) in [6.45, 7) is 2.15. The van der Waals surface area contributed by atoms with Crippen molar-refractivity contribution in [3.05, 3.63) is 90.5 Å². The SMILES string of the molecule is Cc1ccc(-n2c3ccccc3c3ccccc32)c2oc3ccccc3c12. The van der Waals surface area contributed by atoms with E-state index in [0.717, 1.165) is 16.9 Å². The zero-order valence-electron chi connectivity index (χ0n) is 14.9. The van der Waals surface area contributed by atoms with E-state index in [2.05, 4.69) is 84.3 Å². The molecule has 0 amide bonds. The van der Waals surface area contributed by atoms with Crippen molar-refractivity contribution in [2.75, 3.05) is 0 Å². The number of furan rings is 1. The van der Waals surface area contributed by atoms with Gasteiger partial charge in [0.05, 0.1) is 16.7 Å². The summed E-state index contributed by atoms with van der Waals surface area (Å²) >= 11 is 0. The molecule has 0 unspecified atom stereocenters. The molecule has 27 heavy (non-hydrogen) atoms. The minimum absolute atomic E-state index is 0.934. The summed E-state index contributed by atoms with van der Waals surface area (Å²) < 4.78 is 8.69. The van der Waals surface area contributed by atoms with Gasteiger partial charge in [0.2, 0.25) is 0 Å². The minimum atomic E-state index is 0.934. The van der Waals surface area contributed by atoms with Crippen LogP contribution in [0.4, 0.5) is 0 Å².